The largest absolute Gasteiger partial charge is 0.508 e. The normalized spacial score (nSPS) is 19.3. The summed E-state index contributed by atoms with van der Waals surface area (Å²) >= 11 is 0. The van der Waals surface area contributed by atoms with Crippen LogP contribution in [0.5, 0.6) is 23.0 Å². The molecule has 4 aromatic carbocycles. The smallest absolute Gasteiger partial charge is 0.212 e. The fraction of sp³-hybridized carbons (Fsp3) is 0.414. The number of hydrogen-bond donors (Lipinski definition) is 2. The Kier molecular flexibility index (Phi) is 16.8. The van der Waals surface area contributed by atoms with E-state index in [1.54, 1.807) is 34.1 Å². The van der Waals surface area contributed by atoms with Gasteiger partial charge in [-0.25, -0.2) is 0 Å². The van der Waals surface area contributed by atoms with E-state index in [0.29, 0.717) is 86.2 Å². The molecule has 0 amide bonds. The summed E-state index contributed by atoms with van der Waals surface area (Å²) in [7, 11) is 0. The molecule has 2 spiro atoms. The second kappa shape index (κ2) is 23.3. The number of fused-ring (bicyclic) bond motifs is 4. The number of carbonyl (C=O) groups excluding carboxylic acids is 6. The van der Waals surface area contributed by atoms with Crippen LogP contribution in [0.2, 0.25) is 0 Å². The number of phenolic OH excluding ortho intramolecular Hbond substituents is 2. The second-order valence-electron chi connectivity index (χ2n) is 20.5. The zero-order valence-corrected chi connectivity index (χ0v) is 43.3. The molecule has 17 heteroatoms. The summed E-state index contributed by atoms with van der Waals surface area (Å²) in [6.07, 6.45) is 12.7. The standard InChI is InChI=1S/C58H68N6O11/c1-55(2)49-9-5-7-11-51(49)63(57(55)15-13-43-37-47(71)39-45(53(43)74-57)41-61(25-33-69)19-17-59(21-29-65)22-30-66)27-35-73-36-28-64-52-12-8-6-10-50(52)56(3,4)58(64)16-14-44-38-48(72)40-46(54(44)75-58)42-62(26-34-70)20-18-60(23-31-67)24-32-68/h5-16,29-34,37-40,71-72H,17-28,35-36,41-42H2,1-4H3. The van der Waals surface area contributed by atoms with Crippen molar-refractivity contribution < 1.29 is 53.2 Å². The summed E-state index contributed by atoms with van der Waals surface area (Å²) in [6, 6.07) is 23.1. The summed E-state index contributed by atoms with van der Waals surface area (Å²) in [5.74, 6) is 1.25. The molecular weight excluding hydrogens is 957 g/mol. The van der Waals surface area contributed by atoms with Crippen molar-refractivity contribution in [3.05, 3.63) is 118 Å². The van der Waals surface area contributed by atoms with Crippen LogP contribution in [0.15, 0.2) is 84.9 Å². The molecule has 2 N–H and O–H groups in total. The van der Waals surface area contributed by atoms with Crippen LogP contribution in [0.3, 0.4) is 0 Å². The lowest BCUT2D eigenvalue weighted by molar-refractivity contribution is -0.113. The Hall–Kier alpha value is -7.02. The van der Waals surface area contributed by atoms with Crippen molar-refractivity contribution in [3.8, 4) is 23.0 Å². The minimum atomic E-state index is -1.03. The topological polar surface area (TPSA) is 190 Å². The van der Waals surface area contributed by atoms with Gasteiger partial charge in [0.25, 0.3) is 0 Å². The van der Waals surface area contributed by atoms with E-state index in [4.69, 9.17) is 14.2 Å². The fourth-order valence-electron chi connectivity index (χ4n) is 11.4. The fourth-order valence-corrected chi connectivity index (χ4v) is 11.4. The van der Waals surface area contributed by atoms with Gasteiger partial charge >= 0.3 is 0 Å². The summed E-state index contributed by atoms with van der Waals surface area (Å²) in [5.41, 5.74) is 3.64. The maximum atomic E-state index is 12.0. The molecule has 4 aliphatic rings. The van der Waals surface area contributed by atoms with E-state index in [-0.39, 0.29) is 63.9 Å². The molecular formula is C58H68N6O11. The van der Waals surface area contributed by atoms with Gasteiger partial charge in [0.05, 0.1) is 63.3 Å². The molecule has 8 rings (SSSR count). The van der Waals surface area contributed by atoms with E-state index in [9.17, 15) is 39.0 Å². The maximum Gasteiger partial charge on any atom is 0.212 e. The third-order valence-corrected chi connectivity index (χ3v) is 15.3. The van der Waals surface area contributed by atoms with Crippen LogP contribution in [0, 0.1) is 0 Å². The first kappa shape index (κ1) is 54.2. The van der Waals surface area contributed by atoms with Crippen LogP contribution in [0.25, 0.3) is 12.2 Å². The highest BCUT2D eigenvalue weighted by atomic mass is 16.5. The van der Waals surface area contributed by atoms with E-state index in [1.165, 1.54) is 0 Å². The highest BCUT2D eigenvalue weighted by Crippen LogP contribution is 2.57. The van der Waals surface area contributed by atoms with Crippen molar-refractivity contribution in [2.75, 3.05) is 102 Å². The van der Waals surface area contributed by atoms with Crippen LogP contribution < -0.4 is 19.3 Å². The minimum absolute atomic E-state index is 0.0508. The molecule has 396 valence electrons. The molecule has 4 aromatic rings. The van der Waals surface area contributed by atoms with Crippen molar-refractivity contribution in [3.63, 3.8) is 0 Å². The van der Waals surface area contributed by atoms with E-state index < -0.39 is 22.3 Å². The Labute approximate surface area is 438 Å². The van der Waals surface area contributed by atoms with Crippen LogP contribution >= 0.6 is 0 Å². The Morgan fingerprint density at radius 2 is 0.853 bits per heavy atom. The quantitative estimate of drug-likeness (QED) is 0.0570. The Morgan fingerprint density at radius 1 is 0.507 bits per heavy atom. The van der Waals surface area contributed by atoms with Gasteiger partial charge < -0.3 is 63.0 Å². The van der Waals surface area contributed by atoms with Crippen molar-refractivity contribution >= 4 is 61.2 Å². The third-order valence-electron chi connectivity index (χ3n) is 15.3. The van der Waals surface area contributed by atoms with Gasteiger partial charge in [-0.05, 0) is 99.5 Å². The highest BCUT2D eigenvalue weighted by Gasteiger charge is 2.60. The van der Waals surface area contributed by atoms with Crippen LogP contribution in [-0.4, -0.2) is 171 Å². The SMILES string of the molecule is CC1(C)c2ccccc2N(CCOCCN2c3ccccc3C(C)(C)C23C=Cc2cc(O)cc(CN(CC=O)CCN(CC=O)CC=O)c2O3)C12C=Cc1cc(O)cc(CN(CC=O)CCN(CC=O)CC=O)c1O2. The minimum Gasteiger partial charge on any atom is -0.508 e. The molecule has 2 unspecified atom stereocenters. The van der Waals surface area contributed by atoms with Gasteiger partial charge in [0.15, 0.2) is 0 Å². The molecule has 2 atom stereocenters. The Balaban J connectivity index is 1.03. The van der Waals surface area contributed by atoms with Crippen molar-refractivity contribution in [1.29, 1.82) is 0 Å². The molecule has 0 aromatic heterocycles. The first-order valence-electron chi connectivity index (χ1n) is 25.5. The predicted octanol–water partition coefficient (Wildman–Crippen LogP) is 5.02. The molecule has 0 aliphatic carbocycles. The van der Waals surface area contributed by atoms with Gasteiger partial charge in [-0.15, -0.1) is 0 Å². The summed E-state index contributed by atoms with van der Waals surface area (Å²) < 4.78 is 21.3. The summed E-state index contributed by atoms with van der Waals surface area (Å²) in [5, 5.41) is 21.9. The number of carbonyl (C=O) groups is 6. The van der Waals surface area contributed by atoms with Crippen LogP contribution in [0.1, 0.15) is 61.1 Å². The lowest BCUT2D eigenvalue weighted by atomic mass is 9.76. The van der Waals surface area contributed by atoms with Crippen molar-refractivity contribution in [2.45, 2.75) is 63.1 Å². The molecule has 0 fully saturated rings. The Bertz CT molecular complexity index is 2610. The number of phenols is 2. The number of para-hydroxylation sites is 2. The van der Waals surface area contributed by atoms with Gasteiger partial charge in [0.2, 0.25) is 11.4 Å². The van der Waals surface area contributed by atoms with Crippen molar-refractivity contribution in [2.24, 2.45) is 0 Å². The van der Waals surface area contributed by atoms with E-state index >= 15 is 0 Å². The predicted molar refractivity (Wildman–Crippen MR) is 285 cm³/mol. The Morgan fingerprint density at radius 3 is 1.23 bits per heavy atom. The number of benzene rings is 4. The molecule has 0 saturated heterocycles. The van der Waals surface area contributed by atoms with Crippen LogP contribution in [-0.2, 0) is 57.4 Å². The van der Waals surface area contributed by atoms with Gasteiger partial charge in [-0.2, -0.15) is 0 Å². The van der Waals surface area contributed by atoms with E-state index in [1.807, 2.05) is 46.2 Å². The lowest BCUT2D eigenvalue weighted by Gasteiger charge is -2.48. The molecule has 0 bridgehead atoms. The summed E-state index contributed by atoms with van der Waals surface area (Å²) in [4.78, 5) is 80.9. The van der Waals surface area contributed by atoms with Crippen molar-refractivity contribution in [1.82, 2.24) is 19.6 Å². The van der Waals surface area contributed by atoms with Gasteiger partial charge in [-0.1, -0.05) is 36.4 Å². The number of rotatable bonds is 28. The molecule has 75 heavy (non-hydrogen) atoms. The number of ether oxygens (including phenoxy) is 3. The number of nitrogens with zero attached hydrogens (tertiary/aromatic N) is 6. The third kappa shape index (κ3) is 10.6. The zero-order chi connectivity index (χ0) is 53.4. The molecule has 4 heterocycles. The number of hydrogen-bond acceptors (Lipinski definition) is 17. The zero-order valence-electron chi connectivity index (χ0n) is 43.3. The monoisotopic (exact) mass is 1020 g/mol. The van der Waals surface area contributed by atoms with Gasteiger partial charge in [0, 0.05) is 86.0 Å². The first-order chi connectivity index (χ1) is 36.2. The lowest BCUT2D eigenvalue weighted by Crippen LogP contribution is -2.60. The summed E-state index contributed by atoms with van der Waals surface area (Å²) in [6.45, 7) is 12.7. The molecule has 0 saturated carbocycles. The molecule has 17 nitrogen and oxygen atoms in total. The van der Waals surface area contributed by atoms with E-state index in [0.717, 1.165) is 60.2 Å². The highest BCUT2D eigenvalue weighted by molar-refractivity contribution is 5.76. The van der Waals surface area contributed by atoms with Gasteiger partial charge in [-0.3, -0.25) is 19.6 Å². The second-order valence-corrected chi connectivity index (χ2v) is 20.5. The average molecular weight is 1030 g/mol. The van der Waals surface area contributed by atoms with E-state index in [2.05, 4.69) is 73.9 Å². The number of aromatic hydroxyl groups is 2. The maximum absolute atomic E-state index is 12.0. The van der Waals surface area contributed by atoms with Gasteiger partial charge in [0.1, 0.15) is 60.7 Å². The first-order valence-corrected chi connectivity index (χ1v) is 25.5. The number of aldehydes is 6. The average Bonchev–Trinajstić information content (AvgIpc) is 3.70. The van der Waals surface area contributed by atoms with Crippen LogP contribution in [0.4, 0.5) is 11.4 Å². The molecule has 4 aliphatic heterocycles. The number of anilines is 2. The molecule has 0 radical (unpaired) electrons.